The second kappa shape index (κ2) is 9.62. The first-order valence-electron chi connectivity index (χ1n) is 9.80. The van der Waals surface area contributed by atoms with Gasteiger partial charge in [-0.25, -0.2) is 10.4 Å². The smallest absolute Gasteiger partial charge is 0.272 e. The van der Waals surface area contributed by atoms with Crippen molar-refractivity contribution in [1.29, 1.82) is 0 Å². The first-order valence-corrected chi connectivity index (χ1v) is 10.6. The van der Waals surface area contributed by atoms with E-state index < -0.39 is 0 Å². The summed E-state index contributed by atoms with van der Waals surface area (Å²) in [6.07, 6.45) is 1.55. The molecule has 1 heterocycles. The van der Waals surface area contributed by atoms with Crippen LogP contribution in [0.4, 0.5) is 0 Å². The van der Waals surface area contributed by atoms with E-state index in [2.05, 4.69) is 26.5 Å². The van der Waals surface area contributed by atoms with E-state index in [9.17, 15) is 4.79 Å². The summed E-state index contributed by atoms with van der Waals surface area (Å²) in [5, 5.41) is 4.88. The minimum Gasteiger partial charge on any atom is -0.493 e. The van der Waals surface area contributed by atoms with Crippen LogP contribution < -0.4 is 14.9 Å². The summed E-state index contributed by atoms with van der Waals surface area (Å²) in [6, 6.07) is 22.5. The molecule has 0 spiro atoms. The Hall–Kier alpha value is -3.71. The molecule has 1 aromatic heterocycles. The summed E-state index contributed by atoms with van der Waals surface area (Å²) in [4.78, 5) is 17.7. The zero-order valence-corrected chi connectivity index (χ0v) is 19.1. The molecule has 0 saturated heterocycles. The lowest BCUT2D eigenvalue weighted by atomic mass is 10.0. The third-order valence-corrected chi connectivity index (χ3v) is 5.42. The second-order valence-electron chi connectivity index (χ2n) is 6.89. The Kier molecular flexibility index (Phi) is 6.47. The van der Waals surface area contributed by atoms with Gasteiger partial charge in [0.2, 0.25) is 0 Å². The van der Waals surface area contributed by atoms with E-state index in [-0.39, 0.29) is 5.91 Å². The number of rotatable bonds is 6. The minimum absolute atomic E-state index is 0.321. The maximum atomic E-state index is 13.0. The molecule has 1 amide bonds. The van der Waals surface area contributed by atoms with Crippen molar-refractivity contribution in [3.63, 3.8) is 0 Å². The molecule has 3 aromatic carbocycles. The molecule has 4 aromatic rings. The monoisotopic (exact) mass is 489 g/mol. The third-order valence-electron chi connectivity index (χ3n) is 4.89. The molecule has 0 aliphatic rings. The van der Waals surface area contributed by atoms with Crippen molar-refractivity contribution in [1.82, 2.24) is 10.4 Å². The molecule has 1 N–H and O–H groups in total. The Balaban J connectivity index is 1.63. The van der Waals surface area contributed by atoms with Gasteiger partial charge in [-0.2, -0.15) is 5.10 Å². The van der Waals surface area contributed by atoms with Crippen molar-refractivity contribution < 1.29 is 14.3 Å². The summed E-state index contributed by atoms with van der Waals surface area (Å²) in [5.74, 6) is 0.887. The number of para-hydroxylation sites is 1. The predicted molar refractivity (Wildman–Crippen MR) is 129 cm³/mol. The van der Waals surface area contributed by atoms with Gasteiger partial charge in [0.05, 0.1) is 37.2 Å². The van der Waals surface area contributed by atoms with Crippen molar-refractivity contribution in [3.8, 4) is 22.8 Å². The Labute approximate surface area is 194 Å². The molecule has 7 heteroatoms. The molecule has 0 unspecified atom stereocenters. The van der Waals surface area contributed by atoms with Crippen LogP contribution in [-0.4, -0.2) is 31.3 Å². The number of aromatic nitrogens is 1. The quantitative estimate of drug-likeness (QED) is 0.289. The van der Waals surface area contributed by atoms with E-state index in [0.29, 0.717) is 22.8 Å². The first kappa shape index (κ1) is 21.5. The van der Waals surface area contributed by atoms with Crippen molar-refractivity contribution in [2.75, 3.05) is 14.2 Å². The van der Waals surface area contributed by atoms with E-state index in [0.717, 1.165) is 26.5 Å². The maximum absolute atomic E-state index is 13.0. The summed E-state index contributed by atoms with van der Waals surface area (Å²) in [6.45, 7) is 0. The Bertz CT molecular complexity index is 1300. The topological polar surface area (TPSA) is 72.8 Å². The number of ether oxygens (including phenoxy) is 2. The lowest BCUT2D eigenvalue weighted by molar-refractivity contribution is 0.0956. The van der Waals surface area contributed by atoms with Crippen molar-refractivity contribution >= 4 is 39.0 Å². The number of hydrogen-bond donors (Lipinski definition) is 1. The van der Waals surface area contributed by atoms with Gasteiger partial charge in [-0.1, -0.05) is 46.3 Å². The lowest BCUT2D eigenvalue weighted by Gasteiger charge is -2.09. The Morgan fingerprint density at radius 3 is 2.47 bits per heavy atom. The molecule has 0 atom stereocenters. The third kappa shape index (κ3) is 4.63. The molecule has 0 saturated carbocycles. The summed E-state index contributed by atoms with van der Waals surface area (Å²) < 4.78 is 11.5. The molecule has 0 aliphatic carbocycles. The average molecular weight is 490 g/mol. The zero-order chi connectivity index (χ0) is 22.5. The van der Waals surface area contributed by atoms with Gasteiger partial charge in [0, 0.05) is 15.4 Å². The van der Waals surface area contributed by atoms with Crippen molar-refractivity contribution in [2.45, 2.75) is 0 Å². The highest BCUT2D eigenvalue weighted by Gasteiger charge is 2.13. The molecule has 0 aliphatic heterocycles. The molecular formula is C25H20BrN3O3. The largest absolute Gasteiger partial charge is 0.493 e. The highest BCUT2D eigenvalue weighted by molar-refractivity contribution is 9.10. The van der Waals surface area contributed by atoms with Crippen LogP contribution in [0.25, 0.3) is 22.2 Å². The summed E-state index contributed by atoms with van der Waals surface area (Å²) in [7, 11) is 3.14. The predicted octanol–water partition coefficient (Wildman–Crippen LogP) is 5.45. The van der Waals surface area contributed by atoms with Crippen LogP contribution in [0.2, 0.25) is 0 Å². The van der Waals surface area contributed by atoms with Gasteiger partial charge in [0.1, 0.15) is 0 Å². The SMILES string of the molecule is COc1ccc(/C=N\NC(=O)c2cc(-c3ccc(Br)cc3)nc3ccccc23)cc1OC. The van der Waals surface area contributed by atoms with Crippen LogP contribution in [0.3, 0.4) is 0 Å². The average Bonchev–Trinajstić information content (AvgIpc) is 2.83. The van der Waals surface area contributed by atoms with Crippen LogP contribution in [0.5, 0.6) is 11.5 Å². The highest BCUT2D eigenvalue weighted by atomic mass is 79.9. The van der Waals surface area contributed by atoms with E-state index in [1.807, 2.05) is 54.6 Å². The second-order valence-corrected chi connectivity index (χ2v) is 7.81. The molecule has 0 bridgehead atoms. The van der Waals surface area contributed by atoms with Crippen LogP contribution in [0.15, 0.2) is 82.4 Å². The maximum Gasteiger partial charge on any atom is 0.272 e. The first-order chi connectivity index (χ1) is 15.6. The molecule has 160 valence electrons. The molecular weight excluding hydrogens is 470 g/mol. The Morgan fingerprint density at radius 2 is 1.72 bits per heavy atom. The van der Waals surface area contributed by atoms with E-state index in [1.54, 1.807) is 38.6 Å². The minimum atomic E-state index is -0.321. The van der Waals surface area contributed by atoms with E-state index in [1.165, 1.54) is 0 Å². The molecule has 0 radical (unpaired) electrons. The normalized spacial score (nSPS) is 11.0. The number of fused-ring (bicyclic) bond motifs is 1. The standard InChI is InChI=1S/C25H20BrN3O3/c1-31-23-12-7-16(13-24(23)32-2)15-27-29-25(30)20-14-22(17-8-10-18(26)11-9-17)28-21-6-4-3-5-19(20)21/h3-15H,1-2H3,(H,29,30)/b27-15-. The van der Waals surface area contributed by atoms with E-state index in [4.69, 9.17) is 14.5 Å². The lowest BCUT2D eigenvalue weighted by Crippen LogP contribution is -2.18. The number of hydrogen-bond acceptors (Lipinski definition) is 5. The zero-order valence-electron chi connectivity index (χ0n) is 17.5. The molecule has 4 rings (SSSR count). The van der Waals surface area contributed by atoms with Gasteiger partial charge in [0.25, 0.3) is 5.91 Å². The van der Waals surface area contributed by atoms with Crippen LogP contribution in [0.1, 0.15) is 15.9 Å². The fourth-order valence-corrected chi connectivity index (χ4v) is 3.55. The number of amides is 1. The Morgan fingerprint density at radius 1 is 0.969 bits per heavy atom. The van der Waals surface area contributed by atoms with Crippen molar-refractivity contribution in [2.24, 2.45) is 5.10 Å². The number of benzene rings is 3. The van der Waals surface area contributed by atoms with Crippen LogP contribution in [0, 0.1) is 0 Å². The van der Waals surface area contributed by atoms with Gasteiger partial charge in [-0.15, -0.1) is 0 Å². The fraction of sp³-hybridized carbons (Fsp3) is 0.0800. The highest BCUT2D eigenvalue weighted by Crippen LogP contribution is 2.27. The number of carbonyl (C=O) groups excluding carboxylic acids is 1. The number of carbonyl (C=O) groups is 1. The molecule has 6 nitrogen and oxygen atoms in total. The number of nitrogens with zero attached hydrogens (tertiary/aromatic N) is 2. The number of nitrogens with one attached hydrogen (secondary N) is 1. The van der Waals surface area contributed by atoms with Gasteiger partial charge in [-0.3, -0.25) is 4.79 Å². The number of pyridine rings is 1. The summed E-state index contributed by atoms with van der Waals surface area (Å²) in [5.41, 5.74) is 6.25. The number of methoxy groups -OCH3 is 2. The van der Waals surface area contributed by atoms with Gasteiger partial charge < -0.3 is 9.47 Å². The van der Waals surface area contributed by atoms with Gasteiger partial charge in [0.15, 0.2) is 11.5 Å². The van der Waals surface area contributed by atoms with Gasteiger partial charge in [-0.05, 0) is 48.0 Å². The number of hydrazone groups is 1. The van der Waals surface area contributed by atoms with Gasteiger partial charge >= 0.3 is 0 Å². The number of halogens is 1. The van der Waals surface area contributed by atoms with E-state index >= 15 is 0 Å². The molecule has 0 fully saturated rings. The van der Waals surface area contributed by atoms with Crippen molar-refractivity contribution in [3.05, 3.63) is 88.4 Å². The summed E-state index contributed by atoms with van der Waals surface area (Å²) >= 11 is 3.44. The van der Waals surface area contributed by atoms with Crippen LogP contribution >= 0.6 is 15.9 Å². The fourth-order valence-electron chi connectivity index (χ4n) is 3.29. The molecule has 32 heavy (non-hydrogen) atoms. The van der Waals surface area contributed by atoms with Crippen LogP contribution in [-0.2, 0) is 0 Å².